The second-order valence-electron chi connectivity index (χ2n) is 11.4. The maximum absolute atomic E-state index is 14.3. The molecule has 1 saturated heterocycles. The molecule has 0 saturated carbocycles. The van der Waals surface area contributed by atoms with Crippen LogP contribution in [0.2, 0.25) is 0 Å². The van der Waals surface area contributed by atoms with Crippen molar-refractivity contribution in [3.8, 4) is 0 Å². The Hall–Kier alpha value is -2.97. The van der Waals surface area contributed by atoms with Crippen LogP contribution in [0.15, 0.2) is 36.8 Å². The third-order valence-electron chi connectivity index (χ3n) is 8.06. The van der Waals surface area contributed by atoms with Gasteiger partial charge in [-0.05, 0) is 57.1 Å². The lowest BCUT2D eigenvalue weighted by Crippen LogP contribution is -2.47. The van der Waals surface area contributed by atoms with Crippen molar-refractivity contribution in [3.05, 3.63) is 53.6 Å². The third-order valence-corrected chi connectivity index (χ3v) is 8.06. The molecule has 2 aliphatic rings. The number of benzene rings is 1. The second kappa shape index (κ2) is 10.4. The summed E-state index contributed by atoms with van der Waals surface area (Å²) in [4.78, 5) is 28.4. The fraction of sp³-hybridized carbons (Fsp3) is 0.552. The number of H-pyrrole nitrogens is 1. The van der Waals surface area contributed by atoms with Crippen molar-refractivity contribution >= 4 is 22.6 Å². The number of anilines is 1. The second-order valence-corrected chi connectivity index (χ2v) is 11.4. The molecule has 4 N–H and O–H groups in total. The van der Waals surface area contributed by atoms with Crippen LogP contribution in [0.3, 0.4) is 0 Å². The Kier molecular flexibility index (Phi) is 7.23. The Labute approximate surface area is 219 Å². The van der Waals surface area contributed by atoms with Crippen molar-refractivity contribution in [1.29, 1.82) is 0 Å². The predicted octanol–water partition coefficient (Wildman–Crippen LogP) is 4.46. The summed E-state index contributed by atoms with van der Waals surface area (Å²) in [7, 11) is 0. The number of rotatable bonds is 9. The van der Waals surface area contributed by atoms with Crippen LogP contribution in [0.1, 0.15) is 88.1 Å². The Bertz CT molecular complexity index is 1250. The molecule has 1 aromatic carbocycles. The number of hydrogen-bond acceptors (Lipinski definition) is 6. The van der Waals surface area contributed by atoms with Crippen LogP contribution in [0.4, 0.5) is 5.82 Å². The summed E-state index contributed by atoms with van der Waals surface area (Å²) >= 11 is 0. The Balaban J connectivity index is 1.38. The first kappa shape index (κ1) is 25.7. The minimum atomic E-state index is -0.535. The van der Waals surface area contributed by atoms with E-state index in [0.717, 1.165) is 52.8 Å². The quantitative estimate of drug-likeness (QED) is 0.343. The van der Waals surface area contributed by atoms with Gasteiger partial charge in [0.1, 0.15) is 12.1 Å². The first-order valence-electron chi connectivity index (χ1n) is 13.7. The SMILES string of the molecule is CCCN(CCNc1ncnc2c1[C@H](C)C[C@H]2O)C(=O)[C@@H](c1c[nH]c2ccccc12)[C@@H]1CCC(C)(C)N1. The van der Waals surface area contributed by atoms with Gasteiger partial charge in [-0.15, -0.1) is 0 Å². The van der Waals surface area contributed by atoms with Gasteiger partial charge in [0.05, 0.1) is 17.7 Å². The van der Waals surface area contributed by atoms with E-state index in [-0.39, 0.29) is 29.3 Å². The zero-order chi connectivity index (χ0) is 26.2. The molecule has 198 valence electrons. The molecule has 3 aromatic rings. The molecule has 0 bridgehead atoms. The lowest BCUT2D eigenvalue weighted by Gasteiger charge is -2.32. The summed E-state index contributed by atoms with van der Waals surface area (Å²) in [5.74, 6) is 0.874. The topological polar surface area (TPSA) is 106 Å². The van der Waals surface area contributed by atoms with E-state index in [4.69, 9.17) is 0 Å². The number of aromatic amines is 1. The minimum Gasteiger partial charge on any atom is -0.387 e. The minimum absolute atomic E-state index is 0.0150. The molecule has 8 heteroatoms. The van der Waals surface area contributed by atoms with Crippen LogP contribution in [-0.2, 0) is 4.79 Å². The molecule has 0 radical (unpaired) electrons. The number of aliphatic hydroxyl groups excluding tert-OH is 1. The molecule has 37 heavy (non-hydrogen) atoms. The predicted molar refractivity (Wildman–Crippen MR) is 147 cm³/mol. The summed E-state index contributed by atoms with van der Waals surface area (Å²) in [5.41, 5.74) is 3.87. The van der Waals surface area contributed by atoms with Crippen molar-refractivity contribution in [2.75, 3.05) is 25.0 Å². The number of nitrogens with one attached hydrogen (secondary N) is 3. The molecule has 1 fully saturated rings. The largest absolute Gasteiger partial charge is 0.387 e. The van der Waals surface area contributed by atoms with Gasteiger partial charge < -0.3 is 25.6 Å². The molecule has 0 spiro atoms. The first-order chi connectivity index (χ1) is 17.8. The van der Waals surface area contributed by atoms with E-state index in [0.29, 0.717) is 26.1 Å². The van der Waals surface area contributed by atoms with E-state index in [1.54, 1.807) is 0 Å². The van der Waals surface area contributed by atoms with E-state index in [1.807, 2.05) is 23.2 Å². The van der Waals surface area contributed by atoms with Crippen molar-refractivity contribution < 1.29 is 9.90 Å². The van der Waals surface area contributed by atoms with Crippen LogP contribution in [0.25, 0.3) is 10.9 Å². The number of amides is 1. The monoisotopic (exact) mass is 504 g/mol. The van der Waals surface area contributed by atoms with E-state index < -0.39 is 6.10 Å². The molecular formula is C29H40N6O2. The fourth-order valence-electron chi connectivity index (χ4n) is 6.26. The van der Waals surface area contributed by atoms with Gasteiger partial charge >= 0.3 is 0 Å². The lowest BCUT2D eigenvalue weighted by molar-refractivity contribution is -0.133. The highest BCUT2D eigenvalue weighted by Crippen LogP contribution is 2.41. The van der Waals surface area contributed by atoms with E-state index in [1.165, 1.54) is 6.33 Å². The van der Waals surface area contributed by atoms with E-state index >= 15 is 0 Å². The van der Waals surface area contributed by atoms with Crippen molar-refractivity contribution in [2.45, 2.75) is 82.9 Å². The first-order valence-corrected chi connectivity index (χ1v) is 13.7. The summed E-state index contributed by atoms with van der Waals surface area (Å²) in [6, 6.07) is 8.33. The summed E-state index contributed by atoms with van der Waals surface area (Å²) in [5, 5.41) is 18.6. The molecule has 8 nitrogen and oxygen atoms in total. The number of carbonyl (C=O) groups excluding carboxylic acids is 1. The van der Waals surface area contributed by atoms with Crippen molar-refractivity contribution in [2.24, 2.45) is 0 Å². The molecule has 2 aromatic heterocycles. The van der Waals surface area contributed by atoms with Gasteiger partial charge in [0.2, 0.25) is 5.91 Å². The maximum Gasteiger partial charge on any atom is 0.231 e. The molecule has 3 heterocycles. The van der Waals surface area contributed by atoms with E-state index in [2.05, 4.69) is 65.4 Å². The van der Waals surface area contributed by atoms with Crippen LogP contribution < -0.4 is 10.6 Å². The van der Waals surface area contributed by atoms with Gasteiger partial charge in [0.25, 0.3) is 0 Å². The molecule has 0 unspecified atom stereocenters. The summed E-state index contributed by atoms with van der Waals surface area (Å²) < 4.78 is 0. The van der Waals surface area contributed by atoms with Crippen LogP contribution in [0.5, 0.6) is 0 Å². The molecule has 1 aliphatic carbocycles. The average molecular weight is 505 g/mol. The van der Waals surface area contributed by atoms with Gasteiger partial charge in [-0.2, -0.15) is 0 Å². The molecule has 5 rings (SSSR count). The highest BCUT2D eigenvalue weighted by Gasteiger charge is 2.41. The third kappa shape index (κ3) is 5.09. The fourth-order valence-corrected chi connectivity index (χ4v) is 6.26. The Morgan fingerprint density at radius 3 is 2.84 bits per heavy atom. The van der Waals surface area contributed by atoms with Gasteiger partial charge in [0, 0.05) is 53.9 Å². The normalized spacial score (nSPS) is 23.2. The molecule has 1 aliphatic heterocycles. The Morgan fingerprint density at radius 1 is 1.27 bits per heavy atom. The van der Waals surface area contributed by atoms with Gasteiger partial charge in [-0.25, -0.2) is 9.97 Å². The standard InChI is InChI=1S/C29H40N6O2/c1-5-13-35(14-12-30-27-24-18(2)15-23(36)26(24)32-17-33-27)28(37)25(22-10-11-29(3,4)34-22)20-16-31-21-9-7-6-8-19(20)21/h6-9,16-18,22-23,25,31,34,36H,5,10-15H2,1-4H3,(H,30,32,33)/t18-,22+,23-,25+/m1/s1. The zero-order valence-corrected chi connectivity index (χ0v) is 22.4. The molecule has 1 amide bonds. The van der Waals surface area contributed by atoms with Gasteiger partial charge in [0.15, 0.2) is 0 Å². The lowest BCUT2D eigenvalue weighted by atomic mass is 9.88. The van der Waals surface area contributed by atoms with Crippen LogP contribution in [0, 0.1) is 0 Å². The van der Waals surface area contributed by atoms with Crippen LogP contribution in [-0.4, -0.2) is 62.1 Å². The number of para-hydroxylation sites is 1. The number of nitrogens with zero attached hydrogens (tertiary/aromatic N) is 3. The van der Waals surface area contributed by atoms with Crippen molar-refractivity contribution in [1.82, 2.24) is 25.2 Å². The van der Waals surface area contributed by atoms with Crippen molar-refractivity contribution in [3.63, 3.8) is 0 Å². The maximum atomic E-state index is 14.3. The summed E-state index contributed by atoms with van der Waals surface area (Å²) in [6.07, 6.45) is 6.57. The highest BCUT2D eigenvalue weighted by atomic mass is 16.3. The average Bonchev–Trinajstić information content (AvgIpc) is 3.54. The van der Waals surface area contributed by atoms with Gasteiger partial charge in [-0.1, -0.05) is 32.0 Å². The Morgan fingerprint density at radius 2 is 2.08 bits per heavy atom. The number of aromatic nitrogens is 3. The number of carbonyl (C=O) groups is 1. The zero-order valence-electron chi connectivity index (χ0n) is 22.4. The number of fused-ring (bicyclic) bond motifs is 2. The van der Waals surface area contributed by atoms with Crippen LogP contribution >= 0.6 is 0 Å². The van der Waals surface area contributed by atoms with E-state index in [9.17, 15) is 9.90 Å². The smallest absolute Gasteiger partial charge is 0.231 e. The highest BCUT2D eigenvalue weighted by molar-refractivity contribution is 5.92. The number of hydrogen-bond donors (Lipinski definition) is 4. The molecule has 4 atom stereocenters. The number of aliphatic hydroxyl groups is 1. The summed E-state index contributed by atoms with van der Waals surface area (Å²) in [6.45, 7) is 10.5. The van der Waals surface area contributed by atoms with Gasteiger partial charge in [-0.3, -0.25) is 4.79 Å². The molecular weight excluding hydrogens is 464 g/mol.